The zero-order chi connectivity index (χ0) is 24.1. The largest absolute Gasteiger partial charge is 0.493 e. The van der Waals surface area contributed by atoms with Crippen LogP contribution in [0.5, 0.6) is 11.5 Å². The van der Waals surface area contributed by atoms with Crippen LogP contribution in [-0.4, -0.2) is 75.9 Å². The van der Waals surface area contributed by atoms with Crippen LogP contribution >= 0.6 is 0 Å². The molecule has 10 heteroatoms. The molecule has 1 atom stereocenters. The number of aromatic nitrogens is 1. The predicted octanol–water partition coefficient (Wildman–Crippen LogP) is 1.70. The van der Waals surface area contributed by atoms with Crippen molar-refractivity contribution >= 4 is 17.8 Å². The van der Waals surface area contributed by atoms with Gasteiger partial charge in [0, 0.05) is 44.6 Å². The lowest BCUT2D eigenvalue weighted by Gasteiger charge is -2.37. The smallest absolute Gasteiger partial charge is 0.338 e. The van der Waals surface area contributed by atoms with Gasteiger partial charge in [0.25, 0.3) is 0 Å². The maximum Gasteiger partial charge on any atom is 0.338 e. The second-order valence-corrected chi connectivity index (χ2v) is 7.98. The summed E-state index contributed by atoms with van der Waals surface area (Å²) in [6.07, 6.45) is 1.79. The number of urea groups is 1. The minimum atomic E-state index is -0.689. The number of nitrogens with zero attached hydrogens (tertiary/aromatic N) is 3. The topological polar surface area (TPSA) is 105 Å². The molecule has 1 aromatic carbocycles. The minimum absolute atomic E-state index is 0.362. The molecule has 2 aliphatic rings. The number of hydrogen-bond acceptors (Lipinski definition) is 8. The van der Waals surface area contributed by atoms with Crippen LogP contribution in [0.15, 0.2) is 53.9 Å². The number of piperazine rings is 1. The van der Waals surface area contributed by atoms with Crippen LogP contribution in [0.2, 0.25) is 0 Å². The summed E-state index contributed by atoms with van der Waals surface area (Å²) in [6, 6.07) is 10.1. The molecule has 2 amide bonds. The molecular formula is C24H29N5O5. The first-order valence-corrected chi connectivity index (χ1v) is 11.0. The highest BCUT2D eigenvalue weighted by molar-refractivity contribution is 5.95. The number of hydrogen-bond donors (Lipinski definition) is 2. The second kappa shape index (κ2) is 10.4. The average molecular weight is 468 g/mol. The summed E-state index contributed by atoms with van der Waals surface area (Å²) in [5, 5.41) is 5.67. The van der Waals surface area contributed by atoms with Crippen molar-refractivity contribution in [1.82, 2.24) is 20.5 Å². The van der Waals surface area contributed by atoms with Gasteiger partial charge in [0.1, 0.15) is 5.82 Å². The van der Waals surface area contributed by atoms with Crippen molar-refractivity contribution in [2.45, 2.75) is 6.04 Å². The fraction of sp³-hybridized carbons (Fsp3) is 0.375. The molecule has 34 heavy (non-hydrogen) atoms. The van der Waals surface area contributed by atoms with E-state index >= 15 is 0 Å². The summed E-state index contributed by atoms with van der Waals surface area (Å²) < 4.78 is 15.8. The monoisotopic (exact) mass is 467 g/mol. The van der Waals surface area contributed by atoms with Gasteiger partial charge in [-0.1, -0.05) is 12.1 Å². The predicted molar refractivity (Wildman–Crippen MR) is 126 cm³/mol. The fourth-order valence-corrected chi connectivity index (χ4v) is 4.28. The van der Waals surface area contributed by atoms with Gasteiger partial charge in [-0.15, -0.1) is 0 Å². The first-order valence-electron chi connectivity index (χ1n) is 11.0. The standard InChI is InChI=1S/C24H29N5O5/c1-32-18-8-7-16(14-19(18)33-2)22-21(23(30)34-3)17(26-24(31)27-22)15-28-10-12-29(13-11-28)20-6-4-5-9-25-20/h4-9,14,22H,10-13,15H2,1-3H3,(H2,26,27,31)/t22-/m0/s1. The molecule has 180 valence electrons. The molecule has 4 rings (SSSR count). The van der Waals surface area contributed by atoms with Gasteiger partial charge in [-0.2, -0.15) is 0 Å². The first kappa shape index (κ1) is 23.4. The van der Waals surface area contributed by atoms with Crippen molar-refractivity contribution in [3.8, 4) is 11.5 Å². The molecule has 0 radical (unpaired) electrons. The fourth-order valence-electron chi connectivity index (χ4n) is 4.28. The van der Waals surface area contributed by atoms with Crippen molar-refractivity contribution in [1.29, 1.82) is 0 Å². The number of rotatable bonds is 7. The molecular weight excluding hydrogens is 438 g/mol. The molecule has 1 aromatic heterocycles. The highest BCUT2D eigenvalue weighted by Gasteiger charge is 2.35. The maximum atomic E-state index is 12.9. The van der Waals surface area contributed by atoms with Gasteiger partial charge >= 0.3 is 12.0 Å². The van der Waals surface area contributed by atoms with Crippen molar-refractivity contribution in [2.24, 2.45) is 0 Å². The number of methoxy groups -OCH3 is 3. The van der Waals surface area contributed by atoms with Crippen molar-refractivity contribution in [2.75, 3.05) is 59.0 Å². The summed E-state index contributed by atoms with van der Waals surface area (Å²) in [6.45, 7) is 3.53. The summed E-state index contributed by atoms with van der Waals surface area (Å²) in [7, 11) is 4.42. The van der Waals surface area contributed by atoms with Crippen LogP contribution in [0.25, 0.3) is 0 Å². The van der Waals surface area contributed by atoms with Gasteiger partial charge in [0.05, 0.1) is 32.9 Å². The third-order valence-electron chi connectivity index (χ3n) is 6.03. The lowest BCUT2D eigenvalue weighted by atomic mass is 9.94. The van der Waals surface area contributed by atoms with E-state index < -0.39 is 12.0 Å². The number of carbonyl (C=O) groups is 2. The lowest BCUT2D eigenvalue weighted by molar-refractivity contribution is -0.136. The summed E-state index contributed by atoms with van der Waals surface area (Å²) in [5.41, 5.74) is 1.58. The average Bonchev–Trinajstić information content (AvgIpc) is 2.88. The Hall–Kier alpha value is -3.79. The van der Waals surface area contributed by atoms with E-state index in [9.17, 15) is 9.59 Å². The molecule has 2 aliphatic heterocycles. The first-order chi connectivity index (χ1) is 16.5. The quantitative estimate of drug-likeness (QED) is 0.593. The lowest BCUT2D eigenvalue weighted by Crippen LogP contribution is -2.51. The van der Waals surface area contributed by atoms with E-state index in [1.54, 1.807) is 31.5 Å². The van der Waals surface area contributed by atoms with Crippen LogP contribution in [0.3, 0.4) is 0 Å². The van der Waals surface area contributed by atoms with Crippen LogP contribution in [-0.2, 0) is 9.53 Å². The Bertz CT molecular complexity index is 1070. The van der Waals surface area contributed by atoms with E-state index in [0.717, 1.165) is 32.0 Å². The van der Waals surface area contributed by atoms with Gasteiger partial charge in [-0.25, -0.2) is 14.6 Å². The van der Waals surface area contributed by atoms with Gasteiger partial charge in [-0.3, -0.25) is 4.90 Å². The molecule has 0 unspecified atom stereocenters. The van der Waals surface area contributed by atoms with E-state index in [1.165, 1.54) is 14.2 Å². The van der Waals surface area contributed by atoms with Crippen molar-refractivity contribution < 1.29 is 23.8 Å². The van der Waals surface area contributed by atoms with Gasteiger partial charge in [0.2, 0.25) is 0 Å². The maximum absolute atomic E-state index is 12.9. The third-order valence-corrected chi connectivity index (χ3v) is 6.03. The Balaban J connectivity index is 1.58. The number of anilines is 1. The Kier molecular flexibility index (Phi) is 7.17. The zero-order valence-corrected chi connectivity index (χ0v) is 19.5. The molecule has 1 saturated heterocycles. The molecule has 1 fully saturated rings. The molecule has 0 spiro atoms. The highest BCUT2D eigenvalue weighted by Crippen LogP contribution is 2.34. The van der Waals surface area contributed by atoms with Crippen LogP contribution in [0.1, 0.15) is 11.6 Å². The van der Waals surface area contributed by atoms with E-state index in [-0.39, 0.29) is 6.03 Å². The van der Waals surface area contributed by atoms with E-state index in [4.69, 9.17) is 14.2 Å². The minimum Gasteiger partial charge on any atom is -0.493 e. The number of pyridine rings is 1. The Morgan fingerprint density at radius 1 is 1.06 bits per heavy atom. The summed E-state index contributed by atoms with van der Waals surface area (Å²) in [5.74, 6) is 1.50. The van der Waals surface area contributed by atoms with Crippen molar-refractivity contribution in [3.63, 3.8) is 0 Å². The number of benzene rings is 1. The highest BCUT2D eigenvalue weighted by atomic mass is 16.5. The number of esters is 1. The molecule has 2 N–H and O–H groups in total. The Labute approximate surface area is 198 Å². The Morgan fingerprint density at radius 2 is 1.82 bits per heavy atom. The van der Waals surface area contributed by atoms with E-state index in [2.05, 4.69) is 25.4 Å². The third kappa shape index (κ3) is 4.91. The van der Waals surface area contributed by atoms with Gasteiger partial charge < -0.3 is 29.7 Å². The summed E-state index contributed by atoms with van der Waals surface area (Å²) in [4.78, 5) is 34.3. The number of carbonyl (C=O) groups excluding carboxylic acids is 2. The van der Waals surface area contributed by atoms with Crippen LogP contribution in [0, 0.1) is 0 Å². The molecule has 0 saturated carbocycles. The molecule has 0 bridgehead atoms. The molecule has 10 nitrogen and oxygen atoms in total. The van der Waals surface area contributed by atoms with Gasteiger partial charge in [-0.05, 0) is 29.8 Å². The normalized spacial score (nSPS) is 18.7. The Morgan fingerprint density at radius 3 is 2.47 bits per heavy atom. The summed E-state index contributed by atoms with van der Waals surface area (Å²) >= 11 is 0. The second-order valence-electron chi connectivity index (χ2n) is 7.98. The van der Waals surface area contributed by atoms with E-state index in [1.807, 2.05) is 18.2 Å². The van der Waals surface area contributed by atoms with Crippen molar-refractivity contribution in [3.05, 3.63) is 59.4 Å². The number of amides is 2. The molecule has 2 aromatic rings. The van der Waals surface area contributed by atoms with Crippen LogP contribution in [0.4, 0.5) is 10.6 Å². The zero-order valence-electron chi connectivity index (χ0n) is 19.5. The van der Waals surface area contributed by atoms with Crippen LogP contribution < -0.4 is 25.0 Å². The number of nitrogens with one attached hydrogen (secondary N) is 2. The van der Waals surface area contributed by atoms with Gasteiger partial charge in [0.15, 0.2) is 11.5 Å². The SMILES string of the molecule is COC(=O)C1=C(CN2CCN(c3ccccn3)CC2)NC(=O)N[C@H]1c1ccc(OC)c(OC)c1. The molecule has 3 heterocycles. The van der Waals surface area contributed by atoms with E-state index in [0.29, 0.717) is 34.9 Å². The number of ether oxygens (including phenoxy) is 3. The molecule has 0 aliphatic carbocycles.